The summed E-state index contributed by atoms with van der Waals surface area (Å²) in [5.41, 5.74) is 0.314. The van der Waals surface area contributed by atoms with Gasteiger partial charge in [0.15, 0.2) is 0 Å². The van der Waals surface area contributed by atoms with Gasteiger partial charge in [-0.3, -0.25) is 0 Å². The fourth-order valence-electron chi connectivity index (χ4n) is 2.67. The van der Waals surface area contributed by atoms with Crippen LogP contribution < -0.4 is 5.32 Å². The van der Waals surface area contributed by atoms with Crippen LogP contribution in [0.1, 0.15) is 60.3 Å². The van der Waals surface area contributed by atoms with Gasteiger partial charge in [-0.2, -0.15) is 0 Å². The Morgan fingerprint density at radius 2 is 2.00 bits per heavy atom. The van der Waals surface area contributed by atoms with E-state index in [0.717, 1.165) is 12.5 Å². The van der Waals surface area contributed by atoms with Crippen LogP contribution in [-0.4, -0.2) is 25.3 Å². The Balaban J connectivity index is 2.09. The van der Waals surface area contributed by atoms with Crippen molar-refractivity contribution < 1.29 is 4.74 Å². The molecular formula is C15H31NO. The molecule has 0 radical (unpaired) electrons. The SMILES string of the molecule is CCOC1CC(NCCCCC(C)C)C1(C)C. The van der Waals surface area contributed by atoms with Gasteiger partial charge in [0.1, 0.15) is 0 Å². The van der Waals surface area contributed by atoms with Crippen molar-refractivity contribution in [2.24, 2.45) is 11.3 Å². The monoisotopic (exact) mass is 241 g/mol. The minimum Gasteiger partial charge on any atom is -0.378 e. The third-order valence-corrected chi connectivity index (χ3v) is 4.14. The Kier molecular flexibility index (Phi) is 5.94. The van der Waals surface area contributed by atoms with Crippen molar-refractivity contribution in [3.05, 3.63) is 0 Å². The van der Waals surface area contributed by atoms with E-state index in [9.17, 15) is 0 Å². The highest BCUT2D eigenvalue weighted by molar-refractivity contribution is 5.02. The zero-order valence-electron chi connectivity index (χ0n) is 12.4. The topological polar surface area (TPSA) is 21.3 Å². The highest BCUT2D eigenvalue weighted by Crippen LogP contribution is 2.42. The molecule has 0 aromatic rings. The van der Waals surface area contributed by atoms with Crippen LogP contribution in [0.3, 0.4) is 0 Å². The van der Waals surface area contributed by atoms with E-state index in [1.807, 2.05) is 0 Å². The Morgan fingerprint density at radius 1 is 1.29 bits per heavy atom. The average Bonchev–Trinajstić information content (AvgIpc) is 2.25. The third kappa shape index (κ3) is 4.26. The van der Waals surface area contributed by atoms with Crippen molar-refractivity contribution in [3.8, 4) is 0 Å². The summed E-state index contributed by atoms with van der Waals surface area (Å²) in [6.45, 7) is 13.3. The lowest BCUT2D eigenvalue weighted by molar-refractivity contribution is -0.113. The highest BCUT2D eigenvalue weighted by atomic mass is 16.5. The van der Waals surface area contributed by atoms with Gasteiger partial charge in [-0.25, -0.2) is 0 Å². The van der Waals surface area contributed by atoms with Gasteiger partial charge in [0.25, 0.3) is 0 Å². The van der Waals surface area contributed by atoms with Gasteiger partial charge >= 0.3 is 0 Å². The van der Waals surface area contributed by atoms with Gasteiger partial charge in [-0.1, -0.05) is 40.5 Å². The number of nitrogens with one attached hydrogen (secondary N) is 1. The maximum absolute atomic E-state index is 5.74. The lowest BCUT2D eigenvalue weighted by atomic mass is 9.64. The van der Waals surface area contributed by atoms with Crippen LogP contribution in [0, 0.1) is 11.3 Å². The molecule has 1 N–H and O–H groups in total. The maximum Gasteiger partial charge on any atom is 0.0655 e. The second kappa shape index (κ2) is 6.75. The van der Waals surface area contributed by atoms with Gasteiger partial charge < -0.3 is 10.1 Å². The van der Waals surface area contributed by atoms with Gasteiger partial charge in [0.2, 0.25) is 0 Å². The Morgan fingerprint density at radius 3 is 2.53 bits per heavy atom. The summed E-state index contributed by atoms with van der Waals surface area (Å²) in [4.78, 5) is 0. The molecule has 0 spiro atoms. The second-order valence-electron chi connectivity index (χ2n) is 6.40. The van der Waals surface area contributed by atoms with Crippen LogP contribution in [0.2, 0.25) is 0 Å². The number of unbranched alkanes of at least 4 members (excludes halogenated alkanes) is 1. The molecule has 1 aliphatic carbocycles. The first kappa shape index (κ1) is 15.0. The molecule has 1 aliphatic rings. The van der Waals surface area contributed by atoms with Crippen LogP contribution in [-0.2, 0) is 4.74 Å². The fourth-order valence-corrected chi connectivity index (χ4v) is 2.67. The van der Waals surface area contributed by atoms with Gasteiger partial charge in [-0.15, -0.1) is 0 Å². The molecule has 102 valence electrons. The number of ether oxygens (including phenoxy) is 1. The van der Waals surface area contributed by atoms with E-state index in [1.54, 1.807) is 0 Å². The van der Waals surface area contributed by atoms with Crippen molar-refractivity contribution in [2.75, 3.05) is 13.2 Å². The summed E-state index contributed by atoms with van der Waals surface area (Å²) in [6.07, 6.45) is 5.67. The van der Waals surface area contributed by atoms with E-state index < -0.39 is 0 Å². The first-order valence-electron chi connectivity index (χ1n) is 7.33. The van der Waals surface area contributed by atoms with Gasteiger partial charge in [-0.05, 0) is 32.2 Å². The van der Waals surface area contributed by atoms with E-state index in [-0.39, 0.29) is 0 Å². The number of hydrogen-bond donors (Lipinski definition) is 1. The number of rotatable bonds is 8. The van der Waals surface area contributed by atoms with E-state index in [0.29, 0.717) is 17.6 Å². The quantitative estimate of drug-likeness (QED) is 0.656. The molecule has 0 aliphatic heterocycles. The zero-order chi connectivity index (χ0) is 12.9. The Labute approximate surface area is 108 Å². The standard InChI is InChI=1S/C15H31NO/c1-6-17-14-11-13(15(14,4)5)16-10-8-7-9-12(2)3/h12-14,16H,6-11H2,1-5H3. The van der Waals surface area contributed by atoms with Crippen LogP contribution in [0.15, 0.2) is 0 Å². The zero-order valence-corrected chi connectivity index (χ0v) is 12.4. The van der Waals surface area contributed by atoms with Crippen molar-refractivity contribution in [1.29, 1.82) is 0 Å². The van der Waals surface area contributed by atoms with E-state index in [2.05, 4.69) is 39.9 Å². The van der Waals surface area contributed by atoms with E-state index in [1.165, 1.54) is 32.2 Å². The molecular weight excluding hydrogens is 210 g/mol. The molecule has 2 heteroatoms. The molecule has 0 aromatic heterocycles. The first-order valence-corrected chi connectivity index (χ1v) is 7.33. The molecule has 1 rings (SSSR count). The fraction of sp³-hybridized carbons (Fsp3) is 1.00. The summed E-state index contributed by atoms with van der Waals surface area (Å²) in [6, 6.07) is 0.651. The Hall–Kier alpha value is -0.0800. The summed E-state index contributed by atoms with van der Waals surface area (Å²) in [5.74, 6) is 0.845. The minimum absolute atomic E-state index is 0.314. The molecule has 1 fully saturated rings. The molecule has 2 nitrogen and oxygen atoms in total. The summed E-state index contributed by atoms with van der Waals surface area (Å²) < 4.78 is 5.74. The van der Waals surface area contributed by atoms with Gasteiger partial charge in [0, 0.05) is 18.1 Å². The predicted octanol–water partition coefficient (Wildman–Crippen LogP) is 3.61. The van der Waals surface area contributed by atoms with E-state index in [4.69, 9.17) is 4.74 Å². The molecule has 0 saturated heterocycles. The normalized spacial score (nSPS) is 27.2. The Bertz CT molecular complexity index is 213. The van der Waals surface area contributed by atoms with Crippen LogP contribution >= 0.6 is 0 Å². The molecule has 1 saturated carbocycles. The molecule has 2 unspecified atom stereocenters. The molecule has 17 heavy (non-hydrogen) atoms. The maximum atomic E-state index is 5.74. The van der Waals surface area contributed by atoms with Crippen molar-refractivity contribution in [3.63, 3.8) is 0 Å². The molecule has 0 amide bonds. The lowest BCUT2D eigenvalue weighted by Crippen LogP contribution is -2.61. The van der Waals surface area contributed by atoms with Crippen molar-refractivity contribution in [1.82, 2.24) is 5.32 Å². The predicted molar refractivity (Wildman–Crippen MR) is 74.3 cm³/mol. The van der Waals surface area contributed by atoms with E-state index >= 15 is 0 Å². The average molecular weight is 241 g/mol. The van der Waals surface area contributed by atoms with Crippen molar-refractivity contribution in [2.45, 2.75) is 72.4 Å². The van der Waals surface area contributed by atoms with Crippen LogP contribution in [0.25, 0.3) is 0 Å². The molecule has 0 bridgehead atoms. The largest absolute Gasteiger partial charge is 0.378 e. The second-order valence-corrected chi connectivity index (χ2v) is 6.40. The number of hydrogen-bond acceptors (Lipinski definition) is 2. The third-order valence-electron chi connectivity index (χ3n) is 4.14. The molecule has 0 aromatic carbocycles. The summed E-state index contributed by atoms with van der Waals surface area (Å²) in [7, 11) is 0. The van der Waals surface area contributed by atoms with Crippen LogP contribution in [0.5, 0.6) is 0 Å². The smallest absolute Gasteiger partial charge is 0.0655 e. The summed E-state index contributed by atoms with van der Waals surface area (Å²) in [5, 5.41) is 3.69. The summed E-state index contributed by atoms with van der Waals surface area (Å²) >= 11 is 0. The minimum atomic E-state index is 0.314. The van der Waals surface area contributed by atoms with Crippen molar-refractivity contribution >= 4 is 0 Å². The van der Waals surface area contributed by atoms with Crippen LogP contribution in [0.4, 0.5) is 0 Å². The molecule has 0 heterocycles. The first-order chi connectivity index (χ1) is 7.98. The lowest BCUT2D eigenvalue weighted by Gasteiger charge is -2.52. The van der Waals surface area contributed by atoms with Gasteiger partial charge in [0.05, 0.1) is 6.10 Å². The highest BCUT2D eigenvalue weighted by Gasteiger charge is 2.48. The molecule has 2 atom stereocenters.